The number of halogens is 4. The van der Waals surface area contributed by atoms with Gasteiger partial charge in [0.1, 0.15) is 11.6 Å². The average molecular weight is 478 g/mol. The molecule has 2 N–H and O–H groups in total. The maximum atomic E-state index is 14.1. The Morgan fingerprint density at radius 2 is 1.88 bits per heavy atom. The fraction of sp³-hybridized carbons (Fsp3) is 0.348. The molecule has 0 bridgehead atoms. The first kappa shape index (κ1) is 25.1. The van der Waals surface area contributed by atoms with Gasteiger partial charge >= 0.3 is 6.18 Å². The molecule has 0 saturated heterocycles. The molecule has 1 aromatic heterocycles. The number of rotatable bonds is 7. The number of aromatic nitrogens is 1. The van der Waals surface area contributed by atoms with E-state index in [2.05, 4.69) is 15.0 Å². The largest absolute Gasteiger partial charge is 0.496 e. The van der Waals surface area contributed by atoms with E-state index in [0.717, 1.165) is 12.1 Å². The molecule has 0 aliphatic rings. The molecule has 0 radical (unpaired) electrons. The highest BCUT2D eigenvalue weighted by molar-refractivity contribution is 5.98. The highest BCUT2D eigenvalue weighted by atomic mass is 19.4. The summed E-state index contributed by atoms with van der Waals surface area (Å²) >= 11 is 0. The first-order valence-corrected chi connectivity index (χ1v) is 10.1. The Hall–Kier alpha value is -3.56. The van der Waals surface area contributed by atoms with Crippen LogP contribution < -0.4 is 4.74 Å². The minimum atomic E-state index is -5.01. The van der Waals surface area contributed by atoms with Crippen molar-refractivity contribution < 1.29 is 32.2 Å². The van der Waals surface area contributed by atoms with E-state index in [0.29, 0.717) is 10.9 Å². The van der Waals surface area contributed by atoms with Gasteiger partial charge in [-0.1, -0.05) is 13.8 Å². The van der Waals surface area contributed by atoms with Gasteiger partial charge in [-0.15, -0.1) is 0 Å². The quantitative estimate of drug-likeness (QED) is 0.189. The molecule has 34 heavy (non-hydrogen) atoms. The summed E-state index contributed by atoms with van der Waals surface area (Å²) in [6.07, 6.45) is -6.60. The van der Waals surface area contributed by atoms with Crippen molar-refractivity contribution in [2.45, 2.75) is 43.9 Å². The van der Waals surface area contributed by atoms with Crippen molar-refractivity contribution in [1.82, 2.24) is 4.98 Å². The van der Waals surface area contributed by atoms with Crippen LogP contribution in [0.2, 0.25) is 0 Å². The van der Waals surface area contributed by atoms with Crippen molar-refractivity contribution in [2.24, 2.45) is 5.11 Å². The zero-order valence-electron chi connectivity index (χ0n) is 18.6. The lowest BCUT2D eigenvalue weighted by Gasteiger charge is -2.38. The average Bonchev–Trinajstić information content (AvgIpc) is 3.13. The molecule has 1 atom stereocenters. The van der Waals surface area contributed by atoms with Gasteiger partial charge in [0, 0.05) is 39.1 Å². The number of nitrogens with one attached hydrogen (secondary N) is 1. The molecule has 1 unspecified atom stereocenters. The third kappa shape index (κ3) is 5.00. The fourth-order valence-corrected chi connectivity index (χ4v) is 4.13. The van der Waals surface area contributed by atoms with E-state index in [1.54, 1.807) is 0 Å². The normalized spacial score (nSPS) is 13.9. The summed E-state index contributed by atoms with van der Waals surface area (Å²) in [5, 5.41) is 14.3. The van der Waals surface area contributed by atoms with Crippen LogP contribution in [0.1, 0.15) is 41.9 Å². The predicted molar refractivity (Wildman–Crippen MR) is 117 cm³/mol. The zero-order chi connectivity index (χ0) is 25.3. The number of ether oxygens (including phenoxy) is 1. The highest BCUT2D eigenvalue weighted by Crippen LogP contribution is 2.45. The van der Waals surface area contributed by atoms with Crippen molar-refractivity contribution in [3.05, 3.63) is 75.5 Å². The highest BCUT2D eigenvalue weighted by Gasteiger charge is 2.56. The van der Waals surface area contributed by atoms with Gasteiger partial charge < -0.3 is 14.8 Å². The first-order valence-electron chi connectivity index (χ1n) is 10.1. The zero-order valence-corrected chi connectivity index (χ0v) is 18.6. The number of nitrogens with zero attached hydrogens (tertiary/aromatic N) is 3. The standard InChI is InChI=1S/C23H22F4N4O3/c1-21(2,17-10-15(24)5-7-19(17)34-3)12-22(33,23(25,26)27)11-16-9-14-8-13(20(32)30-31-28)4-6-18(14)29-16/h4-10,29,33H,11-12H2,1-3H3. The van der Waals surface area contributed by atoms with Crippen LogP contribution in [0.4, 0.5) is 17.6 Å². The molecule has 2 aromatic carbocycles. The van der Waals surface area contributed by atoms with Crippen molar-refractivity contribution >= 4 is 16.8 Å². The van der Waals surface area contributed by atoms with E-state index in [1.807, 2.05) is 0 Å². The maximum Gasteiger partial charge on any atom is 0.417 e. The molecule has 3 aromatic rings. The Morgan fingerprint density at radius 3 is 2.50 bits per heavy atom. The van der Waals surface area contributed by atoms with Gasteiger partial charge in [-0.25, -0.2) is 4.39 Å². The Kier molecular flexibility index (Phi) is 6.64. The van der Waals surface area contributed by atoms with Crippen molar-refractivity contribution in [1.29, 1.82) is 0 Å². The third-order valence-electron chi connectivity index (χ3n) is 5.69. The third-order valence-corrected chi connectivity index (χ3v) is 5.69. The van der Waals surface area contributed by atoms with E-state index < -0.39 is 41.8 Å². The Morgan fingerprint density at radius 1 is 1.18 bits per heavy atom. The van der Waals surface area contributed by atoms with Crippen LogP contribution in [-0.2, 0) is 11.8 Å². The lowest BCUT2D eigenvalue weighted by molar-refractivity contribution is -0.266. The monoisotopic (exact) mass is 478 g/mol. The number of carbonyl (C=O) groups excluding carboxylic acids is 1. The number of hydrogen-bond donors (Lipinski definition) is 2. The van der Waals surface area contributed by atoms with Crippen molar-refractivity contribution in [3.8, 4) is 5.75 Å². The van der Waals surface area contributed by atoms with Crippen LogP contribution in [0.5, 0.6) is 5.75 Å². The Bertz CT molecular complexity index is 1280. The molecule has 1 heterocycles. The molecule has 0 aliphatic carbocycles. The Balaban J connectivity index is 1.99. The van der Waals surface area contributed by atoms with E-state index in [-0.39, 0.29) is 22.6 Å². The fourth-order valence-electron chi connectivity index (χ4n) is 4.13. The molecule has 0 fully saturated rings. The molecule has 0 aliphatic heterocycles. The number of amides is 1. The molecular formula is C23H22F4N4O3. The van der Waals surface area contributed by atoms with Crippen molar-refractivity contribution in [2.75, 3.05) is 7.11 Å². The Labute approximate surface area is 192 Å². The van der Waals surface area contributed by atoms with Crippen molar-refractivity contribution in [3.63, 3.8) is 0 Å². The number of alkyl halides is 3. The molecule has 0 spiro atoms. The minimum Gasteiger partial charge on any atom is -0.496 e. The number of fused-ring (bicyclic) bond motifs is 1. The number of azide groups is 1. The van der Waals surface area contributed by atoms with Gasteiger partial charge in [-0.05, 0) is 64.9 Å². The molecular weight excluding hydrogens is 456 g/mol. The molecule has 7 nitrogen and oxygen atoms in total. The van der Waals surface area contributed by atoms with Crippen LogP contribution in [0, 0.1) is 5.82 Å². The lowest BCUT2D eigenvalue weighted by Crippen LogP contribution is -2.51. The molecule has 180 valence electrons. The van der Waals surface area contributed by atoms with E-state index >= 15 is 0 Å². The number of benzene rings is 2. The summed E-state index contributed by atoms with van der Waals surface area (Å²) < 4.78 is 61.5. The van der Waals surface area contributed by atoms with Gasteiger partial charge in [0.15, 0.2) is 5.60 Å². The second kappa shape index (κ2) is 9.00. The summed E-state index contributed by atoms with van der Waals surface area (Å²) in [4.78, 5) is 17.0. The van der Waals surface area contributed by atoms with Gasteiger partial charge in [-0.2, -0.15) is 13.2 Å². The number of carbonyl (C=O) groups is 1. The van der Waals surface area contributed by atoms with Crippen LogP contribution in [-0.4, -0.2) is 34.9 Å². The smallest absolute Gasteiger partial charge is 0.417 e. The SMILES string of the molecule is COc1ccc(F)cc1C(C)(C)CC(O)(Cc1cc2cc(C(=O)N=[N+]=[N-])ccc2[nH]1)C(F)(F)F. The number of hydrogen-bond acceptors (Lipinski definition) is 3. The maximum absolute atomic E-state index is 14.1. The van der Waals surface area contributed by atoms with Crippen LogP contribution in [0.25, 0.3) is 21.3 Å². The number of methoxy groups -OCH3 is 1. The first-order chi connectivity index (χ1) is 15.8. The summed E-state index contributed by atoms with van der Waals surface area (Å²) in [5.74, 6) is -1.26. The molecule has 3 rings (SSSR count). The minimum absolute atomic E-state index is 0.0706. The number of H-pyrrole nitrogens is 1. The van der Waals surface area contributed by atoms with E-state index in [1.165, 1.54) is 51.3 Å². The van der Waals surface area contributed by atoms with Gasteiger partial charge in [0.05, 0.1) is 7.11 Å². The molecule has 11 heteroatoms. The topological polar surface area (TPSA) is 111 Å². The number of aliphatic hydroxyl groups is 1. The number of aromatic amines is 1. The van der Waals surface area contributed by atoms with E-state index in [9.17, 15) is 27.5 Å². The predicted octanol–water partition coefficient (Wildman–Crippen LogP) is 5.97. The molecule has 1 amide bonds. The van der Waals surface area contributed by atoms with Gasteiger partial charge in [0.25, 0.3) is 0 Å². The van der Waals surface area contributed by atoms with Gasteiger partial charge in [0.2, 0.25) is 5.91 Å². The summed E-state index contributed by atoms with van der Waals surface area (Å²) in [5.41, 5.74) is 4.69. The molecule has 0 saturated carbocycles. The van der Waals surface area contributed by atoms with Gasteiger partial charge in [-0.3, -0.25) is 4.79 Å². The van der Waals surface area contributed by atoms with E-state index in [4.69, 9.17) is 10.3 Å². The van der Waals surface area contributed by atoms with Crippen LogP contribution in [0.15, 0.2) is 47.6 Å². The second-order valence-electron chi connectivity index (χ2n) is 8.70. The summed E-state index contributed by atoms with van der Waals surface area (Å²) in [6.45, 7) is 2.94. The summed E-state index contributed by atoms with van der Waals surface area (Å²) in [7, 11) is 1.33. The lowest BCUT2D eigenvalue weighted by atomic mass is 9.73. The second-order valence-corrected chi connectivity index (χ2v) is 8.70. The van der Waals surface area contributed by atoms with Crippen LogP contribution in [0.3, 0.4) is 0 Å². The van der Waals surface area contributed by atoms with Crippen LogP contribution >= 0.6 is 0 Å². The summed E-state index contributed by atoms with van der Waals surface area (Å²) in [6, 6.07) is 9.16.